The molecule has 2 aliphatic heterocycles. The van der Waals surface area contributed by atoms with Gasteiger partial charge in [-0.1, -0.05) is 49.6 Å². The van der Waals surface area contributed by atoms with Crippen LogP contribution in [-0.4, -0.2) is 60.8 Å². The molecular weight excluding hydrogens is 535 g/mol. The average Bonchev–Trinajstić information content (AvgIpc) is 3.03. The number of rotatable bonds is 7. The van der Waals surface area contributed by atoms with Crippen molar-refractivity contribution in [1.29, 1.82) is 0 Å². The highest BCUT2D eigenvalue weighted by atomic mass is 19.1. The number of carbonyl (C=O) groups is 1. The number of ether oxygens (including phenoxy) is 2. The summed E-state index contributed by atoms with van der Waals surface area (Å²) in [6.07, 6.45) is 8.72. The largest absolute Gasteiger partial charge is 0.451 e. The molecular formula is C33H35FN4O4. The van der Waals surface area contributed by atoms with Crippen molar-refractivity contribution in [2.45, 2.75) is 44.6 Å². The summed E-state index contributed by atoms with van der Waals surface area (Å²) in [5, 5.41) is 8.89. The van der Waals surface area contributed by atoms with Crippen LogP contribution in [-0.2, 0) is 4.74 Å². The van der Waals surface area contributed by atoms with Crippen molar-refractivity contribution >= 4 is 33.3 Å². The quantitative estimate of drug-likeness (QED) is 0.249. The Bertz CT molecular complexity index is 1720. The maximum atomic E-state index is 15.8. The lowest BCUT2D eigenvalue weighted by molar-refractivity contribution is 0.0302. The Morgan fingerprint density at radius 2 is 1.81 bits per heavy atom. The normalized spacial score (nSPS) is 16.8. The van der Waals surface area contributed by atoms with Gasteiger partial charge in [0.25, 0.3) is 5.91 Å². The minimum absolute atomic E-state index is 0.00466. The van der Waals surface area contributed by atoms with Gasteiger partial charge >= 0.3 is 0 Å². The van der Waals surface area contributed by atoms with Crippen LogP contribution in [0.1, 0.15) is 48.9 Å². The first-order valence-electron chi connectivity index (χ1n) is 15.1. The van der Waals surface area contributed by atoms with Gasteiger partial charge < -0.3 is 29.6 Å². The van der Waals surface area contributed by atoms with Gasteiger partial charge in [0.1, 0.15) is 16.8 Å². The van der Waals surface area contributed by atoms with E-state index in [2.05, 4.69) is 10.6 Å². The zero-order valence-corrected chi connectivity index (χ0v) is 23.6. The molecule has 0 unspecified atom stereocenters. The Labute approximate surface area is 243 Å². The molecule has 8 nitrogen and oxygen atoms in total. The number of hydrogen-bond acceptors (Lipinski definition) is 6. The Morgan fingerprint density at radius 1 is 1.00 bits per heavy atom. The van der Waals surface area contributed by atoms with Crippen LogP contribution in [0.3, 0.4) is 0 Å². The van der Waals surface area contributed by atoms with E-state index in [9.17, 15) is 9.59 Å². The Morgan fingerprint density at radius 3 is 2.64 bits per heavy atom. The molecule has 1 saturated heterocycles. The average molecular weight is 571 g/mol. The first-order chi connectivity index (χ1) is 20.6. The molecule has 2 fully saturated rings. The minimum atomic E-state index is -0.582. The lowest BCUT2D eigenvalue weighted by Crippen LogP contribution is -2.42. The van der Waals surface area contributed by atoms with Crippen LogP contribution in [0, 0.1) is 5.82 Å². The first kappa shape index (κ1) is 26.9. The Balaban J connectivity index is 1.30. The van der Waals surface area contributed by atoms with E-state index in [0.29, 0.717) is 50.2 Å². The van der Waals surface area contributed by atoms with E-state index in [4.69, 9.17) is 9.47 Å². The molecule has 1 amide bonds. The van der Waals surface area contributed by atoms with Gasteiger partial charge in [-0.15, -0.1) is 0 Å². The van der Waals surface area contributed by atoms with Crippen LogP contribution in [0.4, 0.5) is 10.1 Å². The van der Waals surface area contributed by atoms with Crippen LogP contribution in [0.25, 0.3) is 27.4 Å². The first-order valence-corrected chi connectivity index (χ1v) is 15.1. The lowest BCUT2D eigenvalue weighted by Gasteiger charge is -2.29. The van der Waals surface area contributed by atoms with E-state index in [1.165, 1.54) is 38.2 Å². The highest BCUT2D eigenvalue weighted by Crippen LogP contribution is 2.47. The zero-order chi connectivity index (χ0) is 28.6. The number of halogens is 1. The van der Waals surface area contributed by atoms with Crippen molar-refractivity contribution in [2.75, 3.05) is 44.7 Å². The summed E-state index contributed by atoms with van der Waals surface area (Å²) in [6.45, 7) is 3.02. The number of hydrogen-bond donors (Lipinski definition) is 2. The molecule has 3 aromatic carbocycles. The third kappa shape index (κ3) is 4.80. The number of pyridine rings is 1. The van der Waals surface area contributed by atoms with Crippen molar-refractivity contribution < 1.29 is 18.7 Å². The molecule has 3 heterocycles. The highest BCUT2D eigenvalue weighted by molar-refractivity contribution is 6.04. The predicted octanol–water partition coefficient (Wildman–Crippen LogP) is 5.59. The van der Waals surface area contributed by atoms with Gasteiger partial charge in [-0.05, 0) is 43.3 Å². The molecule has 4 aromatic rings. The van der Waals surface area contributed by atoms with Crippen LogP contribution < -0.4 is 20.8 Å². The molecule has 0 bridgehead atoms. The van der Waals surface area contributed by atoms with Gasteiger partial charge in [0.15, 0.2) is 17.3 Å². The number of nitrogens with zero attached hydrogens (tertiary/aromatic N) is 2. The smallest absolute Gasteiger partial charge is 0.259 e. The Hall–Kier alpha value is -3.95. The van der Waals surface area contributed by atoms with Crippen LogP contribution in [0.2, 0.25) is 0 Å². The number of aromatic nitrogens is 1. The summed E-state index contributed by atoms with van der Waals surface area (Å²) >= 11 is 0. The molecule has 218 valence electrons. The zero-order valence-electron chi connectivity index (χ0n) is 23.6. The molecule has 42 heavy (non-hydrogen) atoms. The van der Waals surface area contributed by atoms with Crippen molar-refractivity contribution in [3.63, 3.8) is 0 Å². The van der Waals surface area contributed by atoms with Gasteiger partial charge in [0.05, 0.1) is 24.3 Å². The molecule has 3 aliphatic rings. The second-order valence-electron chi connectivity index (χ2n) is 11.4. The second-order valence-corrected chi connectivity index (χ2v) is 11.4. The number of fused-ring (bicyclic) bond motifs is 4. The standard InChI is InChI=1S/C33H35FN4O4/c34-26-19-24-30-32(28(26)36-14-6-13-35-22-8-2-1-3-9-22)42-27-12-11-21-7-4-5-10-23(21)29(27)38(30)20-25(31(24)39)33(40)37-15-17-41-18-16-37/h4-5,7,10-12,19-20,22,35-36H,1-3,6,8-9,13-18H2. The summed E-state index contributed by atoms with van der Waals surface area (Å²) in [4.78, 5) is 29.0. The SMILES string of the molecule is O=C(c1cn2c3c(c(NCCCNC4CCCCC4)c(F)cc3c1=O)Oc1ccc3ccccc3c1-2)N1CCOCC1. The van der Waals surface area contributed by atoms with E-state index < -0.39 is 11.2 Å². The number of carbonyl (C=O) groups excluding carboxylic acids is 1. The number of benzene rings is 3. The van der Waals surface area contributed by atoms with Gasteiger partial charge in [0.2, 0.25) is 5.43 Å². The molecule has 0 spiro atoms. The third-order valence-electron chi connectivity index (χ3n) is 8.73. The van der Waals surface area contributed by atoms with Gasteiger partial charge in [-0.25, -0.2) is 4.39 Å². The van der Waals surface area contributed by atoms with E-state index in [0.717, 1.165) is 29.4 Å². The molecule has 2 N–H and O–H groups in total. The van der Waals surface area contributed by atoms with E-state index in [1.54, 1.807) is 11.1 Å². The summed E-state index contributed by atoms with van der Waals surface area (Å²) < 4.78 is 29.5. The number of amides is 1. The maximum absolute atomic E-state index is 15.8. The summed E-state index contributed by atoms with van der Waals surface area (Å²) in [5.41, 5.74) is 0.889. The Kier molecular flexibility index (Phi) is 7.29. The topological polar surface area (TPSA) is 84.8 Å². The minimum Gasteiger partial charge on any atom is -0.451 e. The molecule has 1 aliphatic carbocycles. The van der Waals surface area contributed by atoms with E-state index >= 15 is 4.39 Å². The van der Waals surface area contributed by atoms with E-state index in [1.807, 2.05) is 41.0 Å². The summed E-state index contributed by atoms with van der Waals surface area (Å²) in [7, 11) is 0. The third-order valence-corrected chi connectivity index (χ3v) is 8.73. The fraction of sp³-hybridized carbons (Fsp3) is 0.394. The summed E-state index contributed by atoms with van der Waals surface area (Å²) in [6, 6.07) is 13.5. The molecule has 9 heteroatoms. The molecule has 0 atom stereocenters. The fourth-order valence-corrected chi connectivity index (χ4v) is 6.55. The second kappa shape index (κ2) is 11.4. The van der Waals surface area contributed by atoms with Gasteiger partial charge in [-0.3, -0.25) is 9.59 Å². The lowest BCUT2D eigenvalue weighted by atomic mass is 9.95. The van der Waals surface area contributed by atoms with Crippen molar-refractivity contribution in [3.8, 4) is 17.2 Å². The predicted molar refractivity (Wildman–Crippen MR) is 162 cm³/mol. The fourth-order valence-electron chi connectivity index (χ4n) is 6.55. The number of anilines is 1. The number of morpholine rings is 1. The molecule has 7 rings (SSSR count). The monoisotopic (exact) mass is 570 g/mol. The van der Waals surface area contributed by atoms with Crippen molar-refractivity contribution in [3.05, 3.63) is 70.3 Å². The highest BCUT2D eigenvalue weighted by Gasteiger charge is 2.31. The molecule has 1 aromatic heterocycles. The van der Waals surface area contributed by atoms with Crippen molar-refractivity contribution in [1.82, 2.24) is 14.8 Å². The van der Waals surface area contributed by atoms with Crippen LogP contribution in [0.5, 0.6) is 11.5 Å². The van der Waals surface area contributed by atoms with Gasteiger partial charge in [-0.2, -0.15) is 0 Å². The van der Waals surface area contributed by atoms with E-state index in [-0.39, 0.29) is 28.3 Å². The summed E-state index contributed by atoms with van der Waals surface area (Å²) in [5.74, 6) is -0.169. The molecule has 1 saturated carbocycles. The maximum Gasteiger partial charge on any atom is 0.259 e. The molecule has 0 radical (unpaired) electrons. The van der Waals surface area contributed by atoms with Crippen LogP contribution in [0.15, 0.2) is 53.5 Å². The van der Waals surface area contributed by atoms with Crippen molar-refractivity contribution in [2.24, 2.45) is 0 Å². The van der Waals surface area contributed by atoms with Crippen LogP contribution >= 0.6 is 0 Å². The van der Waals surface area contributed by atoms with Gasteiger partial charge in [0, 0.05) is 37.3 Å². The number of nitrogens with one attached hydrogen (secondary N) is 2.